The first-order chi connectivity index (χ1) is 30.7. The Labute approximate surface area is 361 Å². The van der Waals surface area contributed by atoms with Gasteiger partial charge in [-0.1, -0.05) is 200 Å². The largest absolute Gasteiger partial charge is 0.488 e. The molecule has 10 aromatic rings. The van der Waals surface area contributed by atoms with Crippen LogP contribution in [-0.4, -0.2) is 15.0 Å². The molecule has 0 saturated carbocycles. The molecule has 0 amide bonds. The minimum absolute atomic E-state index is 0.485. The van der Waals surface area contributed by atoms with Crippen molar-refractivity contribution in [2.45, 2.75) is 6.61 Å². The van der Waals surface area contributed by atoms with Gasteiger partial charge in [0.25, 0.3) is 0 Å². The lowest BCUT2D eigenvalue weighted by atomic mass is 9.85. The van der Waals surface area contributed by atoms with Gasteiger partial charge in [0.1, 0.15) is 12.4 Å². The van der Waals surface area contributed by atoms with Crippen LogP contribution in [0.1, 0.15) is 5.56 Å². The number of rotatable bonds is 6. The molecule has 0 N–H and O–H groups in total. The highest BCUT2D eigenvalue weighted by molar-refractivity contribution is 5.96. The van der Waals surface area contributed by atoms with Crippen LogP contribution in [0.3, 0.4) is 0 Å². The van der Waals surface area contributed by atoms with Gasteiger partial charge in [0, 0.05) is 22.3 Å². The van der Waals surface area contributed by atoms with E-state index >= 15 is 0 Å². The molecule has 0 fully saturated rings. The third-order valence-corrected chi connectivity index (χ3v) is 11.7. The highest BCUT2D eigenvalue weighted by Crippen LogP contribution is 2.45. The molecule has 0 atom stereocenters. The molecule has 0 radical (unpaired) electrons. The van der Waals surface area contributed by atoms with Crippen LogP contribution >= 0.6 is 0 Å². The summed E-state index contributed by atoms with van der Waals surface area (Å²) in [6.07, 6.45) is 0. The monoisotopic (exact) mass is 793 g/mol. The van der Waals surface area contributed by atoms with Gasteiger partial charge in [-0.2, -0.15) is 0 Å². The molecule has 62 heavy (non-hydrogen) atoms. The molecule has 0 saturated heterocycles. The third kappa shape index (κ3) is 7.14. The fraction of sp³-hybridized carbons (Fsp3) is 0.0172. The van der Waals surface area contributed by atoms with Crippen LogP contribution in [0.5, 0.6) is 5.75 Å². The maximum atomic E-state index is 6.51. The molecule has 1 aliphatic rings. The lowest BCUT2D eigenvalue weighted by Gasteiger charge is -2.22. The number of nitrogens with zero attached hydrogens (tertiary/aromatic N) is 3. The summed E-state index contributed by atoms with van der Waals surface area (Å²) in [6.45, 7) is 0.485. The van der Waals surface area contributed by atoms with Crippen LogP contribution in [0.2, 0.25) is 0 Å². The number of benzene rings is 9. The SMILES string of the molecule is c1ccc(-c2ccc(-c3nc(-c4ccccc4)nc(-c4cccc(-c5cccc(-c6ccc7c(c6)-c6ccccc6-c6ccccc6OCc6ccccc6-7)c5)c4)n3)cc2)cc1. The van der Waals surface area contributed by atoms with E-state index in [1.54, 1.807) is 0 Å². The molecule has 292 valence electrons. The predicted octanol–water partition coefficient (Wildman–Crippen LogP) is 14.8. The van der Waals surface area contributed by atoms with Crippen LogP contribution in [0, 0.1) is 0 Å². The van der Waals surface area contributed by atoms with Crippen LogP contribution < -0.4 is 4.74 Å². The Balaban J connectivity index is 0.988. The summed E-state index contributed by atoms with van der Waals surface area (Å²) in [4.78, 5) is 15.1. The number of fused-ring (bicyclic) bond motifs is 7. The minimum Gasteiger partial charge on any atom is -0.488 e. The molecular formula is C58H39N3O. The number of aromatic nitrogens is 3. The fourth-order valence-electron chi connectivity index (χ4n) is 8.52. The van der Waals surface area contributed by atoms with Crippen LogP contribution in [-0.2, 0) is 6.61 Å². The van der Waals surface area contributed by atoms with Crippen molar-refractivity contribution in [3.63, 3.8) is 0 Å². The summed E-state index contributed by atoms with van der Waals surface area (Å²) in [6, 6.07) is 78.8. The second kappa shape index (κ2) is 16.1. The van der Waals surface area contributed by atoms with E-state index in [1.165, 1.54) is 27.8 Å². The van der Waals surface area contributed by atoms with Gasteiger partial charge in [-0.3, -0.25) is 0 Å². The molecule has 9 aromatic carbocycles. The smallest absolute Gasteiger partial charge is 0.164 e. The van der Waals surface area contributed by atoms with Crippen molar-refractivity contribution in [1.82, 2.24) is 15.0 Å². The van der Waals surface area contributed by atoms with E-state index in [1.807, 2.05) is 42.5 Å². The maximum Gasteiger partial charge on any atom is 0.164 e. The highest BCUT2D eigenvalue weighted by atomic mass is 16.5. The van der Waals surface area contributed by atoms with Gasteiger partial charge in [0.2, 0.25) is 0 Å². The zero-order valence-electron chi connectivity index (χ0n) is 33.8. The van der Waals surface area contributed by atoms with Gasteiger partial charge < -0.3 is 4.74 Å². The first-order valence-electron chi connectivity index (χ1n) is 20.9. The lowest BCUT2D eigenvalue weighted by Crippen LogP contribution is -2.02. The van der Waals surface area contributed by atoms with Crippen LogP contribution in [0.25, 0.3) is 101 Å². The van der Waals surface area contributed by atoms with E-state index in [4.69, 9.17) is 19.7 Å². The average molecular weight is 794 g/mol. The quantitative estimate of drug-likeness (QED) is 0.168. The molecule has 1 aromatic heterocycles. The molecule has 4 nitrogen and oxygen atoms in total. The van der Waals surface area contributed by atoms with Crippen LogP contribution in [0.15, 0.2) is 224 Å². The molecule has 0 spiro atoms. The number of hydrogen-bond acceptors (Lipinski definition) is 4. The minimum atomic E-state index is 0.485. The van der Waals surface area contributed by atoms with Crippen molar-refractivity contribution in [3.05, 3.63) is 230 Å². The molecule has 11 rings (SSSR count). The Hall–Kier alpha value is -8.21. The van der Waals surface area contributed by atoms with Gasteiger partial charge in [0.05, 0.1) is 0 Å². The molecule has 1 aliphatic heterocycles. The van der Waals surface area contributed by atoms with Crippen molar-refractivity contribution in [2.24, 2.45) is 0 Å². The standard InChI is InChI=1S/C58H39N3O/c1-3-15-39(16-4-1)40-29-31-42(32-30-40)57-59-56(41-17-5-2-6-18-41)60-58(61-57)47-23-14-22-45(36-47)43-20-13-21-44(35-43)46-33-34-52-49-24-8-7-19-48(49)38-62-55-28-12-11-27-53(55)50-25-9-10-26-51(50)54(52)37-46/h1-37H,38H2. The molecule has 4 heteroatoms. The van der Waals surface area contributed by atoms with Crippen LogP contribution in [0.4, 0.5) is 0 Å². The summed E-state index contributed by atoms with van der Waals surface area (Å²) in [5.74, 6) is 2.77. The first-order valence-corrected chi connectivity index (χ1v) is 20.9. The van der Waals surface area contributed by atoms with Gasteiger partial charge in [0.15, 0.2) is 17.5 Å². The third-order valence-electron chi connectivity index (χ3n) is 11.7. The van der Waals surface area contributed by atoms with Gasteiger partial charge in [-0.05, 0) is 91.0 Å². The molecule has 0 unspecified atom stereocenters. The molecular weight excluding hydrogens is 755 g/mol. The van der Waals surface area contributed by atoms with Crippen molar-refractivity contribution in [2.75, 3.05) is 0 Å². The Morgan fingerprint density at radius 1 is 0.258 bits per heavy atom. The van der Waals surface area contributed by atoms with Gasteiger partial charge in [-0.15, -0.1) is 0 Å². The zero-order chi connectivity index (χ0) is 41.2. The normalized spacial score (nSPS) is 11.6. The zero-order valence-corrected chi connectivity index (χ0v) is 33.8. The Morgan fingerprint density at radius 2 is 0.661 bits per heavy atom. The molecule has 0 bridgehead atoms. The molecule has 2 heterocycles. The Kier molecular flexibility index (Phi) is 9.56. The maximum absolute atomic E-state index is 6.51. The van der Waals surface area contributed by atoms with Gasteiger partial charge >= 0.3 is 0 Å². The first kappa shape index (κ1) is 36.8. The Morgan fingerprint density at radius 3 is 1.34 bits per heavy atom. The van der Waals surface area contributed by atoms with Gasteiger partial charge in [-0.25, -0.2) is 15.0 Å². The van der Waals surface area contributed by atoms with Crippen molar-refractivity contribution >= 4 is 0 Å². The van der Waals surface area contributed by atoms with E-state index in [0.29, 0.717) is 24.1 Å². The number of hydrogen-bond donors (Lipinski definition) is 0. The Bertz CT molecular complexity index is 3230. The van der Waals surface area contributed by atoms with Crippen molar-refractivity contribution < 1.29 is 4.74 Å². The fourth-order valence-corrected chi connectivity index (χ4v) is 8.52. The second-order valence-electron chi connectivity index (χ2n) is 15.5. The van der Waals surface area contributed by atoms with E-state index in [2.05, 4.69) is 182 Å². The summed E-state index contributed by atoms with van der Waals surface area (Å²) in [5.41, 5.74) is 17.7. The summed E-state index contributed by atoms with van der Waals surface area (Å²) in [5, 5.41) is 0. The summed E-state index contributed by atoms with van der Waals surface area (Å²) >= 11 is 0. The van der Waals surface area contributed by atoms with E-state index in [-0.39, 0.29) is 0 Å². The van der Waals surface area contributed by atoms with Crippen molar-refractivity contribution in [1.29, 1.82) is 0 Å². The van der Waals surface area contributed by atoms with E-state index in [0.717, 1.165) is 66.9 Å². The topological polar surface area (TPSA) is 47.9 Å². The highest BCUT2D eigenvalue weighted by Gasteiger charge is 2.20. The summed E-state index contributed by atoms with van der Waals surface area (Å²) < 4.78 is 6.51. The lowest BCUT2D eigenvalue weighted by molar-refractivity contribution is 0.308. The number of para-hydroxylation sites is 1. The van der Waals surface area contributed by atoms with Crippen molar-refractivity contribution in [3.8, 4) is 107 Å². The predicted molar refractivity (Wildman–Crippen MR) is 253 cm³/mol. The molecule has 0 aliphatic carbocycles. The van der Waals surface area contributed by atoms with E-state index in [9.17, 15) is 0 Å². The second-order valence-corrected chi connectivity index (χ2v) is 15.5. The number of ether oxygens (including phenoxy) is 1. The average Bonchev–Trinajstić information content (AvgIpc) is 3.36. The summed E-state index contributed by atoms with van der Waals surface area (Å²) in [7, 11) is 0. The van der Waals surface area contributed by atoms with E-state index < -0.39 is 0 Å².